The summed E-state index contributed by atoms with van der Waals surface area (Å²) in [6, 6.07) is 0. The third-order valence-corrected chi connectivity index (χ3v) is 7.78. The van der Waals surface area contributed by atoms with Crippen LogP contribution in [-0.2, 0) is 43.0 Å². The summed E-state index contributed by atoms with van der Waals surface area (Å²) in [6.45, 7) is 17.4. The molecule has 0 aliphatic carbocycles. The number of carbonyl (C=O) groups is 6. The van der Waals surface area contributed by atoms with Gasteiger partial charge in [-0.1, -0.05) is 46.4 Å². The number of allylic oxidation sites excluding steroid dienone is 2. The van der Waals surface area contributed by atoms with Gasteiger partial charge in [-0.15, -0.1) is 0 Å². The van der Waals surface area contributed by atoms with Crippen LogP contribution in [-0.4, -0.2) is 77.5 Å². The predicted octanol–water partition coefficient (Wildman–Crippen LogP) is 5.63. The molecule has 0 fully saturated rings. The standard InChI is InChI=1S/C37H58O11/c1-26(2)31(40)19-16-29(47-34(43)14-10-8-12-22-38)17-20-32(41)28(5)24-37(6,7)33(42)21-18-30(25-46-36(45)27(3)4)48-35(44)15-11-9-13-23-39/h29-30,38-39H,1,3,5,8-25H2,2,4,6-7H3. The monoisotopic (exact) mass is 678 g/mol. The van der Waals surface area contributed by atoms with Crippen molar-refractivity contribution in [2.24, 2.45) is 5.41 Å². The lowest BCUT2D eigenvalue weighted by Gasteiger charge is -2.25. The van der Waals surface area contributed by atoms with Crippen LogP contribution in [0.25, 0.3) is 0 Å². The Hall–Kier alpha value is -3.44. The summed E-state index contributed by atoms with van der Waals surface area (Å²) in [5.41, 5.74) is -0.161. The zero-order chi connectivity index (χ0) is 36.7. The average Bonchev–Trinajstić information content (AvgIpc) is 3.02. The Morgan fingerprint density at radius 3 is 1.58 bits per heavy atom. The molecule has 272 valence electrons. The Morgan fingerprint density at radius 1 is 0.625 bits per heavy atom. The lowest BCUT2D eigenvalue weighted by molar-refractivity contribution is -0.158. The molecule has 0 rings (SSSR count). The number of hydrogen-bond acceptors (Lipinski definition) is 11. The van der Waals surface area contributed by atoms with E-state index >= 15 is 0 Å². The first-order chi connectivity index (χ1) is 22.5. The maximum atomic E-state index is 13.3. The van der Waals surface area contributed by atoms with E-state index in [9.17, 15) is 28.8 Å². The summed E-state index contributed by atoms with van der Waals surface area (Å²) in [6.07, 6.45) is 3.11. The molecule has 0 aliphatic rings. The summed E-state index contributed by atoms with van der Waals surface area (Å²) >= 11 is 0. The molecular formula is C37H58O11. The zero-order valence-corrected chi connectivity index (χ0v) is 29.6. The quantitative estimate of drug-likeness (QED) is 0.0435. The van der Waals surface area contributed by atoms with E-state index in [1.165, 1.54) is 6.92 Å². The fourth-order valence-corrected chi connectivity index (χ4v) is 4.67. The molecule has 0 saturated heterocycles. The topological polar surface area (TPSA) is 171 Å². The Morgan fingerprint density at radius 2 is 1.10 bits per heavy atom. The lowest BCUT2D eigenvalue weighted by atomic mass is 9.78. The second-order valence-corrected chi connectivity index (χ2v) is 13.0. The molecule has 0 spiro atoms. The molecule has 0 aromatic rings. The van der Waals surface area contributed by atoms with Gasteiger partial charge in [0, 0.05) is 56.3 Å². The Bertz CT molecular complexity index is 1120. The van der Waals surface area contributed by atoms with Crippen molar-refractivity contribution in [1.82, 2.24) is 0 Å². The molecule has 2 atom stereocenters. The summed E-state index contributed by atoms with van der Waals surface area (Å²) in [5, 5.41) is 17.8. The number of rotatable bonds is 29. The Kier molecular flexibility index (Phi) is 22.9. The zero-order valence-electron chi connectivity index (χ0n) is 29.6. The van der Waals surface area contributed by atoms with Gasteiger partial charge in [-0.05, 0) is 76.4 Å². The number of ketones is 3. The van der Waals surface area contributed by atoms with Crippen LogP contribution >= 0.6 is 0 Å². The smallest absolute Gasteiger partial charge is 0.333 e. The van der Waals surface area contributed by atoms with Crippen molar-refractivity contribution in [2.45, 2.75) is 136 Å². The van der Waals surface area contributed by atoms with Crippen LogP contribution < -0.4 is 0 Å². The molecular weight excluding hydrogens is 620 g/mol. The number of esters is 3. The highest BCUT2D eigenvalue weighted by atomic mass is 16.6. The maximum Gasteiger partial charge on any atom is 0.333 e. The fourth-order valence-electron chi connectivity index (χ4n) is 4.67. The van der Waals surface area contributed by atoms with Crippen molar-refractivity contribution in [3.05, 3.63) is 36.5 Å². The number of aliphatic hydroxyl groups excluding tert-OH is 2. The Balaban J connectivity index is 5.23. The highest BCUT2D eigenvalue weighted by Crippen LogP contribution is 2.29. The van der Waals surface area contributed by atoms with Crippen LogP contribution in [0.1, 0.15) is 124 Å². The first kappa shape index (κ1) is 44.6. The molecule has 11 heteroatoms. The van der Waals surface area contributed by atoms with Crippen LogP contribution in [0.15, 0.2) is 36.5 Å². The fraction of sp³-hybridized carbons (Fsp3) is 0.676. The first-order valence-corrected chi connectivity index (χ1v) is 16.9. The van der Waals surface area contributed by atoms with Gasteiger partial charge in [0.2, 0.25) is 0 Å². The molecule has 0 aliphatic heterocycles. The van der Waals surface area contributed by atoms with Gasteiger partial charge in [0.1, 0.15) is 24.6 Å². The molecule has 2 N–H and O–H groups in total. The first-order valence-electron chi connectivity index (χ1n) is 16.9. The SMILES string of the molecule is C=C(C)C(=O)CCC(CCC(=O)C(=C)CC(C)(C)C(=O)CCC(COC(=O)C(=C)C)OC(=O)CCCCCO)OC(=O)CCCCCO. The van der Waals surface area contributed by atoms with Gasteiger partial charge < -0.3 is 24.4 Å². The molecule has 0 amide bonds. The van der Waals surface area contributed by atoms with E-state index < -0.39 is 35.5 Å². The molecule has 0 aromatic carbocycles. The minimum atomic E-state index is -0.978. The van der Waals surface area contributed by atoms with Crippen LogP contribution in [0.4, 0.5) is 0 Å². The highest BCUT2D eigenvalue weighted by Gasteiger charge is 2.31. The molecule has 0 heterocycles. The summed E-state index contributed by atoms with van der Waals surface area (Å²) < 4.78 is 16.3. The molecule has 0 radical (unpaired) electrons. The number of aliphatic hydroxyl groups is 2. The van der Waals surface area contributed by atoms with Gasteiger partial charge in [-0.2, -0.15) is 0 Å². The lowest BCUT2D eigenvalue weighted by Crippen LogP contribution is -2.30. The van der Waals surface area contributed by atoms with Crippen LogP contribution in [0.2, 0.25) is 0 Å². The predicted molar refractivity (Wildman–Crippen MR) is 182 cm³/mol. The molecule has 48 heavy (non-hydrogen) atoms. The Labute approximate surface area is 286 Å². The second-order valence-electron chi connectivity index (χ2n) is 13.0. The molecule has 0 bridgehead atoms. The van der Waals surface area contributed by atoms with Gasteiger partial charge in [-0.3, -0.25) is 24.0 Å². The van der Waals surface area contributed by atoms with Crippen molar-refractivity contribution in [3.63, 3.8) is 0 Å². The van der Waals surface area contributed by atoms with E-state index in [2.05, 4.69) is 19.7 Å². The number of unbranched alkanes of at least 4 members (excludes halogenated alkanes) is 4. The number of hydrogen-bond donors (Lipinski definition) is 2. The maximum absolute atomic E-state index is 13.3. The molecule has 0 saturated carbocycles. The molecule has 11 nitrogen and oxygen atoms in total. The van der Waals surface area contributed by atoms with Gasteiger partial charge in [0.25, 0.3) is 0 Å². The van der Waals surface area contributed by atoms with Crippen molar-refractivity contribution in [1.29, 1.82) is 0 Å². The van der Waals surface area contributed by atoms with E-state index in [4.69, 9.17) is 24.4 Å². The minimum absolute atomic E-state index is 0.00533. The second kappa shape index (κ2) is 24.7. The van der Waals surface area contributed by atoms with E-state index in [0.717, 1.165) is 0 Å². The van der Waals surface area contributed by atoms with Crippen molar-refractivity contribution >= 4 is 35.3 Å². The number of carbonyl (C=O) groups excluding carboxylic acids is 6. The third kappa shape index (κ3) is 20.7. The van der Waals surface area contributed by atoms with Gasteiger partial charge in [0.15, 0.2) is 11.6 Å². The number of Topliss-reactive ketones (excluding diaryl/α,β-unsaturated/α-hetero) is 3. The third-order valence-electron chi connectivity index (χ3n) is 7.78. The van der Waals surface area contributed by atoms with Gasteiger partial charge >= 0.3 is 17.9 Å². The van der Waals surface area contributed by atoms with Crippen LogP contribution in [0, 0.1) is 5.41 Å². The van der Waals surface area contributed by atoms with E-state index in [1.54, 1.807) is 20.8 Å². The largest absolute Gasteiger partial charge is 0.462 e. The van der Waals surface area contributed by atoms with Gasteiger partial charge in [0.05, 0.1) is 0 Å². The van der Waals surface area contributed by atoms with Gasteiger partial charge in [-0.25, -0.2) is 4.79 Å². The summed E-state index contributed by atoms with van der Waals surface area (Å²) in [5.74, 6) is -2.20. The van der Waals surface area contributed by atoms with Crippen molar-refractivity contribution < 1.29 is 53.2 Å². The number of ether oxygens (including phenoxy) is 3. The summed E-state index contributed by atoms with van der Waals surface area (Å²) in [4.78, 5) is 75.1. The van der Waals surface area contributed by atoms with Crippen molar-refractivity contribution in [2.75, 3.05) is 19.8 Å². The van der Waals surface area contributed by atoms with E-state index in [1.807, 2.05) is 0 Å². The molecule has 0 aromatic heterocycles. The minimum Gasteiger partial charge on any atom is -0.462 e. The van der Waals surface area contributed by atoms with Crippen LogP contribution in [0.5, 0.6) is 0 Å². The van der Waals surface area contributed by atoms with Crippen molar-refractivity contribution in [3.8, 4) is 0 Å². The van der Waals surface area contributed by atoms with Crippen LogP contribution in [0.3, 0.4) is 0 Å². The highest BCUT2D eigenvalue weighted by molar-refractivity contribution is 5.96. The van der Waals surface area contributed by atoms with E-state index in [0.29, 0.717) is 44.1 Å². The average molecular weight is 679 g/mol. The molecule has 2 unspecified atom stereocenters. The normalized spacial score (nSPS) is 12.4. The van der Waals surface area contributed by atoms with E-state index in [-0.39, 0.29) is 106 Å². The summed E-state index contributed by atoms with van der Waals surface area (Å²) in [7, 11) is 0.